The summed E-state index contributed by atoms with van der Waals surface area (Å²) in [6.07, 6.45) is 0. The van der Waals surface area contributed by atoms with Gasteiger partial charge in [0, 0.05) is 4.47 Å². The molecular formula is C16H13BrF2O. The molecule has 2 aromatic rings. The minimum absolute atomic E-state index is 0.186. The first-order chi connectivity index (χ1) is 9.47. The third kappa shape index (κ3) is 3.45. The molecule has 0 amide bonds. The van der Waals surface area contributed by atoms with Gasteiger partial charge in [0.2, 0.25) is 0 Å². The van der Waals surface area contributed by atoms with Gasteiger partial charge in [-0.1, -0.05) is 40.7 Å². The predicted molar refractivity (Wildman–Crippen MR) is 80.1 cm³/mol. The molecule has 0 aliphatic rings. The Bertz CT molecular complexity index is 638. The molecule has 0 saturated carbocycles. The summed E-state index contributed by atoms with van der Waals surface area (Å²) in [7, 11) is 0. The van der Waals surface area contributed by atoms with Crippen molar-refractivity contribution in [3.63, 3.8) is 0 Å². The summed E-state index contributed by atoms with van der Waals surface area (Å²) in [6, 6.07) is 12.8. The third-order valence-electron chi connectivity index (χ3n) is 2.91. The van der Waals surface area contributed by atoms with E-state index in [1.165, 1.54) is 0 Å². The first kappa shape index (κ1) is 14.7. The van der Waals surface area contributed by atoms with Gasteiger partial charge in [-0.2, -0.15) is 8.78 Å². The zero-order valence-corrected chi connectivity index (χ0v) is 12.5. The van der Waals surface area contributed by atoms with Gasteiger partial charge in [0.05, 0.1) is 0 Å². The smallest absolute Gasteiger partial charge is 0.387 e. The van der Waals surface area contributed by atoms with Crippen LogP contribution in [0.25, 0.3) is 5.57 Å². The number of alkyl halides is 2. The number of hydrogen-bond acceptors (Lipinski definition) is 1. The highest BCUT2D eigenvalue weighted by Crippen LogP contribution is 2.28. The van der Waals surface area contributed by atoms with Crippen molar-refractivity contribution in [2.24, 2.45) is 0 Å². The van der Waals surface area contributed by atoms with Crippen LogP contribution in [0, 0.1) is 6.92 Å². The van der Waals surface area contributed by atoms with E-state index in [1.807, 2.05) is 24.3 Å². The zero-order chi connectivity index (χ0) is 14.7. The van der Waals surface area contributed by atoms with Crippen molar-refractivity contribution in [3.05, 3.63) is 70.2 Å². The highest BCUT2D eigenvalue weighted by atomic mass is 79.9. The molecule has 0 spiro atoms. The second kappa shape index (κ2) is 6.18. The molecule has 0 bridgehead atoms. The summed E-state index contributed by atoms with van der Waals surface area (Å²) in [5.41, 5.74) is 3.33. The van der Waals surface area contributed by atoms with Gasteiger partial charge in [-0.3, -0.25) is 0 Å². The number of benzene rings is 2. The lowest BCUT2D eigenvalue weighted by Crippen LogP contribution is -2.03. The molecule has 0 radical (unpaired) electrons. The van der Waals surface area contributed by atoms with Gasteiger partial charge in [0.25, 0.3) is 0 Å². The van der Waals surface area contributed by atoms with Crippen LogP contribution in [-0.4, -0.2) is 6.61 Å². The van der Waals surface area contributed by atoms with E-state index in [4.69, 9.17) is 0 Å². The molecule has 20 heavy (non-hydrogen) atoms. The normalized spacial score (nSPS) is 10.7. The van der Waals surface area contributed by atoms with E-state index in [-0.39, 0.29) is 5.75 Å². The quantitative estimate of drug-likeness (QED) is 0.723. The molecule has 104 valence electrons. The number of aryl methyl sites for hydroxylation is 1. The standard InChI is InChI=1S/C16H13BrF2O/c1-10-8-13(6-7-15(10)20-16(18)19)11(2)12-4-3-5-14(17)9-12/h3-9,16H,2H2,1H3. The van der Waals surface area contributed by atoms with E-state index < -0.39 is 6.61 Å². The van der Waals surface area contributed by atoms with Gasteiger partial charge in [0.15, 0.2) is 0 Å². The first-order valence-electron chi connectivity index (χ1n) is 5.98. The van der Waals surface area contributed by atoms with Crippen molar-refractivity contribution in [3.8, 4) is 5.75 Å². The second-order valence-electron chi connectivity index (χ2n) is 4.35. The summed E-state index contributed by atoms with van der Waals surface area (Å²) >= 11 is 3.41. The first-order valence-corrected chi connectivity index (χ1v) is 6.77. The maximum absolute atomic E-state index is 12.2. The Kier molecular flexibility index (Phi) is 4.55. The molecule has 0 fully saturated rings. The molecule has 0 atom stereocenters. The molecule has 0 aromatic heterocycles. The summed E-state index contributed by atoms with van der Waals surface area (Å²) in [4.78, 5) is 0. The van der Waals surface area contributed by atoms with Crippen LogP contribution in [-0.2, 0) is 0 Å². The molecule has 0 N–H and O–H groups in total. The van der Waals surface area contributed by atoms with Gasteiger partial charge < -0.3 is 4.74 Å². The molecule has 0 heterocycles. The van der Waals surface area contributed by atoms with Crippen LogP contribution in [0.4, 0.5) is 8.78 Å². The Morgan fingerprint density at radius 3 is 2.45 bits per heavy atom. The predicted octanol–water partition coefficient (Wildman–Crippen LogP) is 5.42. The van der Waals surface area contributed by atoms with Gasteiger partial charge in [-0.05, 0) is 53.5 Å². The van der Waals surface area contributed by atoms with Crippen molar-refractivity contribution in [1.82, 2.24) is 0 Å². The van der Waals surface area contributed by atoms with E-state index in [2.05, 4.69) is 27.2 Å². The van der Waals surface area contributed by atoms with Gasteiger partial charge in [0.1, 0.15) is 5.75 Å². The van der Waals surface area contributed by atoms with E-state index >= 15 is 0 Å². The summed E-state index contributed by atoms with van der Waals surface area (Å²) in [6.45, 7) is 2.98. The molecule has 0 unspecified atom stereocenters. The lowest BCUT2D eigenvalue weighted by molar-refractivity contribution is -0.0502. The molecule has 2 rings (SSSR count). The Labute approximate surface area is 125 Å². The fraction of sp³-hybridized carbons (Fsp3) is 0.125. The van der Waals surface area contributed by atoms with Crippen LogP contribution in [0.3, 0.4) is 0 Å². The highest BCUT2D eigenvalue weighted by molar-refractivity contribution is 9.10. The zero-order valence-electron chi connectivity index (χ0n) is 10.9. The Morgan fingerprint density at radius 1 is 1.15 bits per heavy atom. The van der Waals surface area contributed by atoms with Crippen LogP contribution in [0.2, 0.25) is 0 Å². The minimum Gasteiger partial charge on any atom is -0.435 e. The van der Waals surface area contributed by atoms with Crippen molar-refractivity contribution >= 4 is 21.5 Å². The average molecular weight is 339 g/mol. The van der Waals surface area contributed by atoms with E-state index in [0.29, 0.717) is 5.56 Å². The Hall–Kier alpha value is -1.68. The SMILES string of the molecule is C=C(c1cccc(Br)c1)c1ccc(OC(F)F)c(C)c1. The molecule has 1 nitrogen and oxygen atoms in total. The second-order valence-corrected chi connectivity index (χ2v) is 5.26. The largest absolute Gasteiger partial charge is 0.435 e. The van der Waals surface area contributed by atoms with Crippen molar-refractivity contribution in [2.75, 3.05) is 0 Å². The number of rotatable bonds is 4. The lowest BCUT2D eigenvalue weighted by Gasteiger charge is -2.11. The van der Waals surface area contributed by atoms with Crippen molar-refractivity contribution in [1.29, 1.82) is 0 Å². The molecule has 0 saturated heterocycles. The molecule has 0 aliphatic carbocycles. The van der Waals surface area contributed by atoms with Crippen LogP contribution < -0.4 is 4.74 Å². The monoisotopic (exact) mass is 338 g/mol. The summed E-state index contributed by atoms with van der Waals surface area (Å²) in [5, 5.41) is 0. The Balaban J connectivity index is 2.30. The summed E-state index contributed by atoms with van der Waals surface area (Å²) < 4.78 is 29.8. The third-order valence-corrected chi connectivity index (χ3v) is 3.41. The van der Waals surface area contributed by atoms with E-state index in [1.54, 1.807) is 25.1 Å². The van der Waals surface area contributed by atoms with Crippen LogP contribution >= 0.6 is 15.9 Å². The lowest BCUT2D eigenvalue weighted by atomic mass is 9.98. The number of halogens is 3. The summed E-state index contributed by atoms with van der Waals surface area (Å²) in [5.74, 6) is 0.186. The van der Waals surface area contributed by atoms with Crippen LogP contribution in [0.15, 0.2) is 53.5 Å². The van der Waals surface area contributed by atoms with Crippen LogP contribution in [0.5, 0.6) is 5.75 Å². The van der Waals surface area contributed by atoms with Crippen molar-refractivity contribution in [2.45, 2.75) is 13.5 Å². The van der Waals surface area contributed by atoms with Crippen LogP contribution in [0.1, 0.15) is 16.7 Å². The highest BCUT2D eigenvalue weighted by Gasteiger charge is 2.09. The van der Waals surface area contributed by atoms with E-state index in [0.717, 1.165) is 21.2 Å². The number of hydrogen-bond donors (Lipinski definition) is 0. The fourth-order valence-electron chi connectivity index (χ4n) is 1.91. The van der Waals surface area contributed by atoms with Gasteiger partial charge in [-0.15, -0.1) is 0 Å². The topological polar surface area (TPSA) is 9.23 Å². The van der Waals surface area contributed by atoms with Crippen molar-refractivity contribution < 1.29 is 13.5 Å². The van der Waals surface area contributed by atoms with Gasteiger partial charge >= 0.3 is 6.61 Å². The molecule has 0 aliphatic heterocycles. The van der Waals surface area contributed by atoms with Gasteiger partial charge in [-0.25, -0.2) is 0 Å². The maximum atomic E-state index is 12.2. The number of ether oxygens (including phenoxy) is 1. The van der Waals surface area contributed by atoms with E-state index in [9.17, 15) is 8.78 Å². The molecule has 2 aromatic carbocycles. The fourth-order valence-corrected chi connectivity index (χ4v) is 2.31. The minimum atomic E-state index is -2.81. The maximum Gasteiger partial charge on any atom is 0.387 e. The molecule has 4 heteroatoms. The average Bonchev–Trinajstić information content (AvgIpc) is 2.40. The molecular weight excluding hydrogens is 326 g/mol. The Morgan fingerprint density at radius 2 is 1.85 bits per heavy atom.